The van der Waals surface area contributed by atoms with Crippen molar-refractivity contribution in [3.63, 3.8) is 0 Å². The van der Waals surface area contributed by atoms with Crippen LogP contribution in [-0.4, -0.2) is 27.6 Å². The second kappa shape index (κ2) is 5.36. The first-order valence-corrected chi connectivity index (χ1v) is 4.46. The molecule has 15 heavy (non-hydrogen) atoms. The molecular formula is C11H14O4. The molecule has 82 valence electrons. The van der Waals surface area contributed by atoms with Gasteiger partial charge in [-0.1, -0.05) is 6.07 Å². The van der Waals surface area contributed by atoms with Crippen LogP contribution in [0.25, 0.3) is 0 Å². The molecule has 0 N–H and O–H groups in total. The summed E-state index contributed by atoms with van der Waals surface area (Å²) in [4.78, 5) is 10.7. The maximum absolute atomic E-state index is 10.7. The molecule has 0 amide bonds. The third-order valence-corrected chi connectivity index (χ3v) is 2.11. The highest BCUT2D eigenvalue weighted by Gasteiger charge is 2.12. The molecule has 1 atom stereocenters. The summed E-state index contributed by atoms with van der Waals surface area (Å²) >= 11 is 0. The number of hydrogen-bond acceptors (Lipinski definition) is 4. The largest absolute Gasteiger partial charge is 0.493 e. The summed E-state index contributed by atoms with van der Waals surface area (Å²) in [7, 11) is 4.59. The Morgan fingerprint density at radius 1 is 1.13 bits per heavy atom. The maximum Gasteiger partial charge on any atom is 0.161 e. The third-order valence-electron chi connectivity index (χ3n) is 2.11. The lowest BCUT2D eigenvalue weighted by Crippen LogP contribution is -2.03. The molecule has 1 aromatic rings. The number of aldehydes is 1. The van der Waals surface area contributed by atoms with Gasteiger partial charge in [-0.05, 0) is 17.7 Å². The van der Waals surface area contributed by atoms with E-state index in [0.717, 1.165) is 11.8 Å². The normalized spacial score (nSPS) is 11.9. The zero-order chi connectivity index (χ0) is 11.3. The van der Waals surface area contributed by atoms with E-state index in [4.69, 9.17) is 14.2 Å². The molecule has 0 saturated carbocycles. The van der Waals surface area contributed by atoms with E-state index in [9.17, 15) is 4.79 Å². The van der Waals surface area contributed by atoms with Crippen LogP contribution in [0.2, 0.25) is 0 Å². The summed E-state index contributed by atoms with van der Waals surface area (Å²) in [6.45, 7) is 0. The van der Waals surface area contributed by atoms with E-state index in [1.165, 1.54) is 7.11 Å². The Labute approximate surface area is 88.8 Å². The third kappa shape index (κ3) is 2.47. The van der Waals surface area contributed by atoms with Crippen LogP contribution in [0, 0.1) is 0 Å². The molecule has 0 aliphatic rings. The Bertz CT molecular complexity index is 335. The van der Waals surface area contributed by atoms with Crippen molar-refractivity contribution in [2.75, 3.05) is 21.3 Å². The Morgan fingerprint density at radius 2 is 1.80 bits per heavy atom. The lowest BCUT2D eigenvalue weighted by molar-refractivity contribution is -0.116. The van der Waals surface area contributed by atoms with Crippen LogP contribution >= 0.6 is 0 Å². The SMILES string of the molecule is COc1ccc(C(C=O)OC)cc1OC. The van der Waals surface area contributed by atoms with Crippen LogP contribution in [0.1, 0.15) is 11.7 Å². The van der Waals surface area contributed by atoms with Gasteiger partial charge in [0.1, 0.15) is 6.10 Å². The second-order valence-corrected chi connectivity index (χ2v) is 2.91. The molecule has 1 unspecified atom stereocenters. The van der Waals surface area contributed by atoms with E-state index in [1.807, 2.05) is 0 Å². The van der Waals surface area contributed by atoms with Crippen molar-refractivity contribution in [3.8, 4) is 11.5 Å². The number of rotatable bonds is 5. The number of ether oxygens (including phenoxy) is 3. The lowest BCUT2D eigenvalue weighted by atomic mass is 10.1. The van der Waals surface area contributed by atoms with Crippen molar-refractivity contribution in [2.24, 2.45) is 0 Å². The van der Waals surface area contributed by atoms with Crippen molar-refractivity contribution in [3.05, 3.63) is 23.8 Å². The number of hydrogen-bond donors (Lipinski definition) is 0. The van der Waals surface area contributed by atoms with Gasteiger partial charge in [-0.25, -0.2) is 0 Å². The quantitative estimate of drug-likeness (QED) is 0.692. The number of methoxy groups -OCH3 is 3. The van der Waals surface area contributed by atoms with Gasteiger partial charge in [0.15, 0.2) is 17.8 Å². The van der Waals surface area contributed by atoms with E-state index in [0.29, 0.717) is 11.5 Å². The van der Waals surface area contributed by atoms with Gasteiger partial charge in [0, 0.05) is 7.11 Å². The molecule has 0 aliphatic carbocycles. The average Bonchev–Trinajstić information content (AvgIpc) is 2.30. The van der Waals surface area contributed by atoms with Gasteiger partial charge < -0.3 is 19.0 Å². The first-order chi connectivity index (χ1) is 7.26. The average molecular weight is 210 g/mol. The Morgan fingerprint density at radius 3 is 2.27 bits per heavy atom. The summed E-state index contributed by atoms with van der Waals surface area (Å²) in [5.41, 5.74) is 0.741. The van der Waals surface area contributed by atoms with E-state index in [-0.39, 0.29) is 0 Å². The van der Waals surface area contributed by atoms with Crippen molar-refractivity contribution in [2.45, 2.75) is 6.10 Å². The molecule has 4 heteroatoms. The maximum atomic E-state index is 10.7. The standard InChI is InChI=1S/C11H14O4/c1-13-9-5-4-8(6-10(9)14-2)11(7-12)15-3/h4-7,11H,1-3H3. The van der Waals surface area contributed by atoms with Gasteiger partial charge in [-0.2, -0.15) is 0 Å². The molecular weight excluding hydrogens is 196 g/mol. The summed E-state index contributed by atoms with van der Waals surface area (Å²) in [6.07, 6.45) is 0.172. The van der Waals surface area contributed by atoms with Crippen LogP contribution in [0.3, 0.4) is 0 Å². The van der Waals surface area contributed by atoms with Crippen molar-refractivity contribution in [1.82, 2.24) is 0 Å². The smallest absolute Gasteiger partial charge is 0.161 e. The first kappa shape index (κ1) is 11.5. The van der Waals surface area contributed by atoms with Crippen LogP contribution in [0.5, 0.6) is 11.5 Å². The predicted octanol–water partition coefficient (Wildman–Crippen LogP) is 1.59. The minimum absolute atomic E-state index is 0.565. The van der Waals surface area contributed by atoms with E-state index < -0.39 is 6.10 Å². The highest BCUT2D eigenvalue weighted by Crippen LogP contribution is 2.30. The van der Waals surface area contributed by atoms with Crippen LogP contribution in [-0.2, 0) is 9.53 Å². The number of benzene rings is 1. The Kier molecular flexibility index (Phi) is 4.12. The fraction of sp³-hybridized carbons (Fsp3) is 0.364. The minimum atomic E-state index is -0.565. The van der Waals surface area contributed by atoms with Gasteiger partial charge >= 0.3 is 0 Å². The summed E-state index contributed by atoms with van der Waals surface area (Å²) < 4.78 is 15.2. The van der Waals surface area contributed by atoms with Gasteiger partial charge in [0.2, 0.25) is 0 Å². The monoisotopic (exact) mass is 210 g/mol. The zero-order valence-corrected chi connectivity index (χ0v) is 9.02. The molecule has 0 saturated heterocycles. The highest BCUT2D eigenvalue weighted by atomic mass is 16.5. The molecule has 0 fully saturated rings. The van der Waals surface area contributed by atoms with Crippen molar-refractivity contribution >= 4 is 6.29 Å². The fourth-order valence-electron chi connectivity index (χ4n) is 1.30. The van der Waals surface area contributed by atoms with Crippen LogP contribution in [0.15, 0.2) is 18.2 Å². The number of carbonyl (C=O) groups is 1. The summed E-state index contributed by atoms with van der Waals surface area (Å²) in [5, 5.41) is 0. The zero-order valence-electron chi connectivity index (χ0n) is 9.02. The predicted molar refractivity (Wildman–Crippen MR) is 55.4 cm³/mol. The van der Waals surface area contributed by atoms with Gasteiger partial charge in [0.05, 0.1) is 14.2 Å². The van der Waals surface area contributed by atoms with Gasteiger partial charge in [-0.15, -0.1) is 0 Å². The number of carbonyl (C=O) groups excluding carboxylic acids is 1. The summed E-state index contributed by atoms with van der Waals surface area (Å²) in [5.74, 6) is 1.21. The fourth-order valence-corrected chi connectivity index (χ4v) is 1.30. The molecule has 4 nitrogen and oxygen atoms in total. The molecule has 0 radical (unpaired) electrons. The van der Waals surface area contributed by atoms with Crippen molar-refractivity contribution < 1.29 is 19.0 Å². The molecule has 0 aromatic heterocycles. The molecule has 0 bridgehead atoms. The Balaban J connectivity index is 3.06. The molecule has 0 aliphatic heterocycles. The summed E-state index contributed by atoms with van der Waals surface area (Å²) in [6, 6.07) is 5.23. The lowest BCUT2D eigenvalue weighted by Gasteiger charge is -2.12. The minimum Gasteiger partial charge on any atom is -0.493 e. The topological polar surface area (TPSA) is 44.8 Å². The second-order valence-electron chi connectivity index (χ2n) is 2.91. The highest BCUT2D eigenvalue weighted by molar-refractivity contribution is 5.61. The van der Waals surface area contributed by atoms with Gasteiger partial charge in [-0.3, -0.25) is 0 Å². The van der Waals surface area contributed by atoms with Gasteiger partial charge in [0.25, 0.3) is 0 Å². The molecule has 1 aromatic carbocycles. The molecule has 0 heterocycles. The Hall–Kier alpha value is -1.55. The van der Waals surface area contributed by atoms with E-state index in [2.05, 4.69) is 0 Å². The van der Waals surface area contributed by atoms with Crippen molar-refractivity contribution in [1.29, 1.82) is 0 Å². The van der Waals surface area contributed by atoms with Crippen LogP contribution < -0.4 is 9.47 Å². The van der Waals surface area contributed by atoms with E-state index in [1.54, 1.807) is 32.4 Å². The first-order valence-electron chi connectivity index (χ1n) is 4.46. The van der Waals surface area contributed by atoms with Crippen LogP contribution in [0.4, 0.5) is 0 Å². The molecule has 1 rings (SSSR count). The van der Waals surface area contributed by atoms with E-state index >= 15 is 0 Å². The molecule has 0 spiro atoms.